The quantitative estimate of drug-likeness (QED) is 0.445. The average Bonchev–Trinajstić information content (AvgIpc) is 3.03. The fourth-order valence-corrected chi connectivity index (χ4v) is 3.39. The van der Waals surface area contributed by atoms with Crippen molar-refractivity contribution in [2.24, 2.45) is 0 Å². The Morgan fingerprint density at radius 1 is 0.957 bits per heavy atom. The van der Waals surface area contributed by atoms with E-state index in [9.17, 15) is 4.79 Å². The monoisotopic (exact) mass is 318 g/mol. The highest BCUT2D eigenvalue weighted by atomic mass is 32.1. The van der Waals surface area contributed by atoms with Gasteiger partial charge in [0.1, 0.15) is 0 Å². The van der Waals surface area contributed by atoms with E-state index < -0.39 is 0 Å². The van der Waals surface area contributed by atoms with Crippen LogP contribution >= 0.6 is 11.3 Å². The molecule has 0 unspecified atom stereocenters. The van der Waals surface area contributed by atoms with Gasteiger partial charge in [0.15, 0.2) is 5.78 Å². The summed E-state index contributed by atoms with van der Waals surface area (Å²) in [5.74, 6) is 0.0672. The predicted molar refractivity (Wildman–Crippen MR) is 98.1 cm³/mol. The van der Waals surface area contributed by atoms with Crippen LogP contribution < -0.4 is 0 Å². The first-order chi connectivity index (χ1) is 11.2. The van der Waals surface area contributed by atoms with E-state index in [0.717, 1.165) is 16.9 Å². The number of carbonyl (C=O) groups excluding carboxylic acids is 1. The first-order valence-electron chi connectivity index (χ1n) is 7.63. The number of carbonyl (C=O) groups is 1. The van der Waals surface area contributed by atoms with Crippen molar-refractivity contribution in [3.63, 3.8) is 0 Å². The zero-order valence-corrected chi connectivity index (χ0v) is 13.8. The normalized spacial score (nSPS) is 11.0. The molecule has 114 valence electrons. The van der Waals surface area contributed by atoms with E-state index in [1.807, 2.05) is 67.6 Å². The van der Waals surface area contributed by atoms with Crippen LogP contribution in [0.1, 0.15) is 31.2 Å². The van der Waals surface area contributed by atoms with Crippen LogP contribution in [0.25, 0.3) is 6.08 Å². The molecule has 0 radical (unpaired) electrons. The summed E-state index contributed by atoms with van der Waals surface area (Å²) in [6, 6.07) is 22.4. The lowest BCUT2D eigenvalue weighted by Crippen LogP contribution is -1.89. The molecule has 0 atom stereocenters. The molecule has 1 aromatic heterocycles. The van der Waals surface area contributed by atoms with E-state index >= 15 is 0 Å². The summed E-state index contributed by atoms with van der Waals surface area (Å²) in [5, 5.41) is 0. The summed E-state index contributed by atoms with van der Waals surface area (Å²) >= 11 is 1.57. The van der Waals surface area contributed by atoms with E-state index in [2.05, 4.69) is 12.1 Å². The highest BCUT2D eigenvalue weighted by Gasteiger charge is 2.07. The van der Waals surface area contributed by atoms with Gasteiger partial charge in [-0.25, -0.2) is 0 Å². The molecular weight excluding hydrogens is 300 g/mol. The average molecular weight is 318 g/mol. The number of rotatable bonds is 5. The van der Waals surface area contributed by atoms with Crippen molar-refractivity contribution in [3.05, 3.63) is 99.3 Å². The Labute approximate surface area is 140 Å². The number of allylic oxidation sites excluding steroid dienone is 1. The predicted octanol–water partition coefficient (Wildman–Crippen LogP) is 5.54. The van der Waals surface area contributed by atoms with E-state index in [0.29, 0.717) is 0 Å². The molecule has 0 saturated carbocycles. The van der Waals surface area contributed by atoms with Crippen LogP contribution in [0, 0.1) is 6.92 Å². The Hall–Kier alpha value is -2.45. The SMILES string of the molecule is Cc1ccccc1/C=C/C(=O)c1ccc(Cc2ccccc2)s1. The smallest absolute Gasteiger partial charge is 0.195 e. The summed E-state index contributed by atoms with van der Waals surface area (Å²) in [5.41, 5.74) is 3.53. The van der Waals surface area contributed by atoms with Crippen LogP contribution in [0.2, 0.25) is 0 Å². The van der Waals surface area contributed by atoms with Crippen LogP contribution in [0.5, 0.6) is 0 Å². The molecule has 0 saturated heterocycles. The van der Waals surface area contributed by atoms with E-state index in [1.165, 1.54) is 16.0 Å². The first-order valence-corrected chi connectivity index (χ1v) is 8.45. The van der Waals surface area contributed by atoms with Crippen LogP contribution in [-0.4, -0.2) is 5.78 Å². The number of thiophene rings is 1. The molecule has 2 heteroatoms. The summed E-state index contributed by atoms with van der Waals surface area (Å²) in [6.45, 7) is 2.05. The third kappa shape index (κ3) is 4.05. The van der Waals surface area contributed by atoms with E-state index in [4.69, 9.17) is 0 Å². The molecule has 1 heterocycles. The Kier molecular flexibility index (Phi) is 4.84. The van der Waals surface area contributed by atoms with Crippen molar-refractivity contribution in [1.82, 2.24) is 0 Å². The number of benzene rings is 2. The molecule has 3 rings (SSSR count). The molecule has 0 N–H and O–H groups in total. The van der Waals surface area contributed by atoms with Gasteiger partial charge in [-0.2, -0.15) is 0 Å². The third-order valence-electron chi connectivity index (χ3n) is 3.73. The van der Waals surface area contributed by atoms with Crippen molar-refractivity contribution in [3.8, 4) is 0 Å². The number of hydrogen-bond donors (Lipinski definition) is 0. The van der Waals surface area contributed by atoms with Gasteiger partial charge in [0, 0.05) is 11.3 Å². The molecule has 2 aromatic carbocycles. The minimum atomic E-state index is 0.0672. The highest BCUT2D eigenvalue weighted by molar-refractivity contribution is 7.14. The lowest BCUT2D eigenvalue weighted by molar-refractivity contribution is 0.105. The van der Waals surface area contributed by atoms with Crippen LogP contribution in [-0.2, 0) is 6.42 Å². The maximum Gasteiger partial charge on any atom is 0.195 e. The maximum absolute atomic E-state index is 12.3. The molecule has 3 aromatic rings. The molecule has 0 aliphatic rings. The Morgan fingerprint density at radius 2 is 1.70 bits per heavy atom. The lowest BCUT2D eigenvalue weighted by Gasteiger charge is -1.98. The van der Waals surface area contributed by atoms with E-state index in [1.54, 1.807) is 17.4 Å². The summed E-state index contributed by atoms with van der Waals surface area (Å²) < 4.78 is 0. The van der Waals surface area contributed by atoms with Gasteiger partial charge in [-0.1, -0.05) is 60.7 Å². The first kappa shape index (κ1) is 15.4. The zero-order valence-electron chi connectivity index (χ0n) is 13.0. The standard InChI is InChI=1S/C21H18OS/c1-16-7-5-6-10-18(16)11-13-20(22)21-14-12-19(23-21)15-17-8-3-2-4-9-17/h2-14H,15H2,1H3/b13-11+. The zero-order chi connectivity index (χ0) is 16.1. The van der Waals surface area contributed by atoms with Crippen molar-refractivity contribution in [2.75, 3.05) is 0 Å². The molecule has 0 fully saturated rings. The number of hydrogen-bond acceptors (Lipinski definition) is 2. The Bertz CT molecular complexity index is 828. The molecule has 0 amide bonds. The second-order valence-corrected chi connectivity index (χ2v) is 6.65. The maximum atomic E-state index is 12.3. The Morgan fingerprint density at radius 3 is 2.48 bits per heavy atom. The van der Waals surface area contributed by atoms with Gasteiger partial charge in [-0.3, -0.25) is 4.79 Å². The van der Waals surface area contributed by atoms with Gasteiger partial charge in [-0.05, 0) is 41.8 Å². The molecular formula is C21H18OS. The summed E-state index contributed by atoms with van der Waals surface area (Å²) in [4.78, 5) is 14.3. The molecule has 1 nitrogen and oxygen atoms in total. The summed E-state index contributed by atoms with van der Waals surface area (Å²) in [6.07, 6.45) is 4.44. The molecule has 0 spiro atoms. The number of ketones is 1. The van der Waals surface area contributed by atoms with E-state index in [-0.39, 0.29) is 5.78 Å². The fourth-order valence-electron chi connectivity index (χ4n) is 2.42. The highest BCUT2D eigenvalue weighted by Crippen LogP contribution is 2.21. The molecule has 0 aliphatic carbocycles. The van der Waals surface area contributed by atoms with Gasteiger partial charge in [-0.15, -0.1) is 11.3 Å². The minimum Gasteiger partial charge on any atom is -0.288 e. The van der Waals surface area contributed by atoms with Gasteiger partial charge >= 0.3 is 0 Å². The topological polar surface area (TPSA) is 17.1 Å². The van der Waals surface area contributed by atoms with Gasteiger partial charge in [0.05, 0.1) is 4.88 Å². The minimum absolute atomic E-state index is 0.0672. The fraction of sp³-hybridized carbons (Fsp3) is 0.0952. The third-order valence-corrected chi connectivity index (χ3v) is 4.83. The Balaban J connectivity index is 1.70. The van der Waals surface area contributed by atoms with Crippen molar-refractivity contribution < 1.29 is 4.79 Å². The van der Waals surface area contributed by atoms with Crippen molar-refractivity contribution in [2.45, 2.75) is 13.3 Å². The molecule has 23 heavy (non-hydrogen) atoms. The lowest BCUT2D eigenvalue weighted by atomic mass is 10.1. The van der Waals surface area contributed by atoms with Crippen molar-refractivity contribution >= 4 is 23.2 Å². The van der Waals surface area contributed by atoms with Crippen LogP contribution in [0.15, 0.2) is 72.8 Å². The largest absolute Gasteiger partial charge is 0.288 e. The second-order valence-electron chi connectivity index (χ2n) is 5.48. The number of aryl methyl sites for hydroxylation is 1. The van der Waals surface area contributed by atoms with Crippen LogP contribution in [0.4, 0.5) is 0 Å². The van der Waals surface area contributed by atoms with Gasteiger partial charge < -0.3 is 0 Å². The second kappa shape index (κ2) is 7.21. The van der Waals surface area contributed by atoms with Crippen molar-refractivity contribution in [1.29, 1.82) is 0 Å². The van der Waals surface area contributed by atoms with Gasteiger partial charge in [0.25, 0.3) is 0 Å². The molecule has 0 aliphatic heterocycles. The van der Waals surface area contributed by atoms with Gasteiger partial charge in [0.2, 0.25) is 0 Å². The summed E-state index contributed by atoms with van der Waals surface area (Å²) in [7, 11) is 0. The van der Waals surface area contributed by atoms with Crippen LogP contribution in [0.3, 0.4) is 0 Å². The molecule has 0 bridgehead atoms.